The number of carbonyl (C=O) groups is 1. The van der Waals surface area contributed by atoms with Crippen LogP contribution >= 0.6 is 15.9 Å². The van der Waals surface area contributed by atoms with Crippen molar-refractivity contribution in [3.8, 4) is 0 Å². The number of nitrogens with one attached hydrogen (secondary N) is 1. The van der Waals surface area contributed by atoms with E-state index in [0.29, 0.717) is 12.0 Å². The Kier molecular flexibility index (Phi) is 2.92. The van der Waals surface area contributed by atoms with Crippen LogP contribution in [0.15, 0.2) is 28.7 Å². The zero-order valence-electron chi connectivity index (χ0n) is 9.53. The van der Waals surface area contributed by atoms with Gasteiger partial charge in [-0.2, -0.15) is 0 Å². The van der Waals surface area contributed by atoms with Crippen molar-refractivity contribution in [3.05, 3.63) is 34.3 Å². The SMILES string of the molecule is O=C(c1ccccc1Br)N1CC[C@@H]2CNC[C@@H]21. The summed E-state index contributed by atoms with van der Waals surface area (Å²) in [5.41, 5.74) is 0.778. The van der Waals surface area contributed by atoms with E-state index in [1.807, 2.05) is 29.2 Å². The molecule has 0 aromatic heterocycles. The molecule has 2 atom stereocenters. The molecule has 0 radical (unpaired) electrons. The molecule has 0 unspecified atom stereocenters. The molecule has 1 aromatic rings. The normalized spacial score (nSPS) is 27.2. The molecule has 2 fully saturated rings. The molecule has 2 aliphatic heterocycles. The lowest BCUT2D eigenvalue weighted by atomic mass is 10.0. The van der Waals surface area contributed by atoms with Gasteiger partial charge in [-0.05, 0) is 40.4 Å². The van der Waals surface area contributed by atoms with Crippen LogP contribution in [0.4, 0.5) is 0 Å². The average molecular weight is 295 g/mol. The molecular formula is C13H15BrN2O. The largest absolute Gasteiger partial charge is 0.334 e. The molecule has 2 heterocycles. The van der Waals surface area contributed by atoms with Crippen molar-refractivity contribution in [2.45, 2.75) is 12.5 Å². The summed E-state index contributed by atoms with van der Waals surface area (Å²) < 4.78 is 0.888. The molecule has 2 saturated heterocycles. The number of carbonyl (C=O) groups excluding carboxylic acids is 1. The monoisotopic (exact) mass is 294 g/mol. The van der Waals surface area contributed by atoms with Crippen molar-refractivity contribution >= 4 is 21.8 Å². The van der Waals surface area contributed by atoms with Gasteiger partial charge in [0.25, 0.3) is 5.91 Å². The van der Waals surface area contributed by atoms with Gasteiger partial charge in [-0.1, -0.05) is 12.1 Å². The van der Waals surface area contributed by atoms with Crippen molar-refractivity contribution in [2.75, 3.05) is 19.6 Å². The molecule has 90 valence electrons. The highest BCUT2D eigenvalue weighted by Gasteiger charge is 2.40. The van der Waals surface area contributed by atoms with Crippen LogP contribution in [-0.4, -0.2) is 36.5 Å². The standard InChI is InChI=1S/C13H15BrN2O/c14-11-4-2-1-3-10(11)13(17)16-6-5-9-7-15-8-12(9)16/h1-4,9,12,15H,5-8H2/t9-,12+/m1/s1. The minimum Gasteiger partial charge on any atom is -0.334 e. The maximum Gasteiger partial charge on any atom is 0.255 e. The van der Waals surface area contributed by atoms with E-state index in [0.717, 1.165) is 36.1 Å². The lowest BCUT2D eigenvalue weighted by Gasteiger charge is -2.23. The number of hydrogen-bond acceptors (Lipinski definition) is 2. The van der Waals surface area contributed by atoms with Crippen LogP contribution in [-0.2, 0) is 0 Å². The van der Waals surface area contributed by atoms with Crippen LogP contribution in [0, 0.1) is 5.92 Å². The van der Waals surface area contributed by atoms with Gasteiger partial charge in [-0.15, -0.1) is 0 Å². The van der Waals surface area contributed by atoms with Crippen molar-refractivity contribution < 1.29 is 4.79 Å². The number of nitrogens with zero attached hydrogens (tertiary/aromatic N) is 1. The molecule has 3 rings (SSSR count). The van der Waals surface area contributed by atoms with E-state index in [9.17, 15) is 4.79 Å². The molecule has 1 amide bonds. The lowest BCUT2D eigenvalue weighted by Crippen LogP contribution is -2.39. The van der Waals surface area contributed by atoms with Crippen molar-refractivity contribution in [3.63, 3.8) is 0 Å². The fraction of sp³-hybridized carbons (Fsp3) is 0.462. The van der Waals surface area contributed by atoms with Crippen LogP contribution in [0.25, 0.3) is 0 Å². The van der Waals surface area contributed by atoms with Crippen LogP contribution in [0.2, 0.25) is 0 Å². The van der Waals surface area contributed by atoms with Crippen molar-refractivity contribution in [2.24, 2.45) is 5.92 Å². The Labute approximate surface area is 109 Å². The summed E-state index contributed by atoms with van der Waals surface area (Å²) in [6.07, 6.45) is 1.13. The minimum absolute atomic E-state index is 0.161. The summed E-state index contributed by atoms with van der Waals surface area (Å²) in [4.78, 5) is 14.5. The maximum atomic E-state index is 12.5. The van der Waals surface area contributed by atoms with Gasteiger partial charge in [0.2, 0.25) is 0 Å². The number of fused-ring (bicyclic) bond motifs is 1. The smallest absolute Gasteiger partial charge is 0.255 e. The summed E-state index contributed by atoms with van der Waals surface area (Å²) in [6, 6.07) is 8.06. The average Bonchev–Trinajstić information content (AvgIpc) is 2.90. The molecular weight excluding hydrogens is 280 g/mol. The third kappa shape index (κ3) is 1.89. The molecule has 3 nitrogen and oxygen atoms in total. The lowest BCUT2D eigenvalue weighted by molar-refractivity contribution is 0.0736. The second-order valence-corrected chi connectivity index (χ2v) is 5.61. The zero-order valence-corrected chi connectivity index (χ0v) is 11.1. The van der Waals surface area contributed by atoms with E-state index >= 15 is 0 Å². The molecule has 1 N–H and O–H groups in total. The first-order chi connectivity index (χ1) is 8.27. The first kappa shape index (κ1) is 11.2. The number of benzene rings is 1. The summed E-state index contributed by atoms with van der Waals surface area (Å²) in [5.74, 6) is 0.815. The van der Waals surface area contributed by atoms with Gasteiger partial charge >= 0.3 is 0 Å². The molecule has 17 heavy (non-hydrogen) atoms. The van der Waals surface area contributed by atoms with E-state index in [1.54, 1.807) is 0 Å². The van der Waals surface area contributed by atoms with E-state index in [2.05, 4.69) is 21.2 Å². The zero-order chi connectivity index (χ0) is 11.8. The van der Waals surface area contributed by atoms with Crippen LogP contribution < -0.4 is 5.32 Å². The summed E-state index contributed by atoms with van der Waals surface area (Å²) in [6.45, 7) is 2.91. The Morgan fingerprint density at radius 3 is 3.00 bits per heavy atom. The van der Waals surface area contributed by atoms with E-state index in [1.165, 1.54) is 0 Å². The first-order valence-corrected chi connectivity index (χ1v) is 6.83. The highest BCUT2D eigenvalue weighted by molar-refractivity contribution is 9.10. The van der Waals surface area contributed by atoms with E-state index in [-0.39, 0.29) is 5.91 Å². The third-order valence-electron chi connectivity index (χ3n) is 3.81. The Morgan fingerprint density at radius 1 is 1.35 bits per heavy atom. The molecule has 2 aliphatic rings. The molecule has 0 saturated carbocycles. The minimum atomic E-state index is 0.161. The topological polar surface area (TPSA) is 32.3 Å². The van der Waals surface area contributed by atoms with Crippen molar-refractivity contribution in [1.29, 1.82) is 0 Å². The maximum absolute atomic E-state index is 12.5. The Hall–Kier alpha value is -0.870. The predicted molar refractivity (Wildman–Crippen MR) is 69.9 cm³/mol. The molecule has 1 aromatic carbocycles. The third-order valence-corrected chi connectivity index (χ3v) is 4.50. The Balaban J connectivity index is 1.85. The number of halogens is 1. The highest BCUT2D eigenvalue weighted by atomic mass is 79.9. The van der Waals surface area contributed by atoms with Gasteiger partial charge in [0.05, 0.1) is 5.56 Å². The first-order valence-electron chi connectivity index (χ1n) is 6.03. The summed E-state index contributed by atoms with van der Waals surface area (Å²) in [7, 11) is 0. The predicted octanol–water partition coefficient (Wildman–Crippen LogP) is 1.88. The van der Waals surface area contributed by atoms with Crippen molar-refractivity contribution in [1.82, 2.24) is 10.2 Å². The highest BCUT2D eigenvalue weighted by Crippen LogP contribution is 2.29. The van der Waals surface area contributed by atoms with Gasteiger partial charge in [0.1, 0.15) is 0 Å². The second kappa shape index (κ2) is 4.42. The number of amides is 1. The van der Waals surface area contributed by atoms with E-state index < -0.39 is 0 Å². The van der Waals surface area contributed by atoms with Gasteiger partial charge in [-0.25, -0.2) is 0 Å². The molecule has 4 heteroatoms. The van der Waals surface area contributed by atoms with Crippen LogP contribution in [0.3, 0.4) is 0 Å². The Bertz CT molecular complexity index is 449. The van der Waals surface area contributed by atoms with E-state index in [4.69, 9.17) is 0 Å². The molecule has 0 bridgehead atoms. The number of hydrogen-bond donors (Lipinski definition) is 1. The molecule has 0 spiro atoms. The quantitative estimate of drug-likeness (QED) is 0.858. The second-order valence-electron chi connectivity index (χ2n) is 4.75. The van der Waals surface area contributed by atoms with Crippen LogP contribution in [0.5, 0.6) is 0 Å². The fourth-order valence-corrected chi connectivity index (χ4v) is 3.35. The Morgan fingerprint density at radius 2 is 2.18 bits per heavy atom. The fourth-order valence-electron chi connectivity index (χ4n) is 2.89. The summed E-state index contributed by atoms with van der Waals surface area (Å²) >= 11 is 3.45. The van der Waals surface area contributed by atoms with Gasteiger partial charge in [-0.3, -0.25) is 4.79 Å². The number of likely N-dealkylation sites (tertiary alicyclic amines) is 1. The number of rotatable bonds is 1. The van der Waals surface area contributed by atoms with Gasteiger partial charge in [0, 0.05) is 30.1 Å². The van der Waals surface area contributed by atoms with Crippen LogP contribution in [0.1, 0.15) is 16.8 Å². The summed E-state index contributed by atoms with van der Waals surface area (Å²) in [5, 5.41) is 3.37. The van der Waals surface area contributed by atoms with Gasteiger partial charge in [0.15, 0.2) is 0 Å². The molecule has 0 aliphatic carbocycles. The van der Waals surface area contributed by atoms with Gasteiger partial charge < -0.3 is 10.2 Å².